The van der Waals surface area contributed by atoms with Crippen molar-refractivity contribution in [3.05, 3.63) is 88.4 Å². The van der Waals surface area contributed by atoms with E-state index in [0.29, 0.717) is 17.1 Å². The predicted molar refractivity (Wildman–Crippen MR) is 120 cm³/mol. The Hall–Kier alpha value is -3.98. The number of methoxy groups -OCH3 is 1. The molecule has 0 radical (unpaired) electrons. The van der Waals surface area contributed by atoms with Gasteiger partial charge in [0.15, 0.2) is 11.5 Å². The minimum absolute atomic E-state index is 0.109. The van der Waals surface area contributed by atoms with E-state index in [1.165, 1.54) is 43.7 Å². The zero-order valence-electron chi connectivity index (χ0n) is 17.3. The van der Waals surface area contributed by atoms with Gasteiger partial charge in [0.05, 0.1) is 24.0 Å². The summed E-state index contributed by atoms with van der Waals surface area (Å²) >= 11 is 6.00. The summed E-state index contributed by atoms with van der Waals surface area (Å²) in [5.41, 5.74) is 2.65. The lowest BCUT2D eigenvalue weighted by Crippen LogP contribution is -2.32. The van der Waals surface area contributed by atoms with E-state index in [1.807, 2.05) is 5.43 Å². The standard InChI is InChI=1S/C23H18ClF2N3O4/c1-32-21-11-14(9-10-20(21)33-13-15-16(24)5-4-7-17(15)25)12-27-29-23(31)22(30)28-19-8-3-2-6-18(19)26/h2-12H,13H2,1H3,(H,28,30)(H,29,31)/b27-12+. The maximum absolute atomic E-state index is 13.9. The van der Waals surface area contributed by atoms with Gasteiger partial charge in [0.2, 0.25) is 0 Å². The van der Waals surface area contributed by atoms with Crippen molar-refractivity contribution in [1.82, 2.24) is 5.43 Å². The number of hydrogen-bond donors (Lipinski definition) is 2. The number of ether oxygens (including phenoxy) is 2. The number of anilines is 1. The highest BCUT2D eigenvalue weighted by atomic mass is 35.5. The monoisotopic (exact) mass is 473 g/mol. The summed E-state index contributed by atoms with van der Waals surface area (Å²) in [5.74, 6) is -2.65. The molecule has 0 spiro atoms. The fourth-order valence-electron chi connectivity index (χ4n) is 2.66. The zero-order chi connectivity index (χ0) is 23.8. The normalized spacial score (nSPS) is 10.7. The summed E-state index contributed by atoms with van der Waals surface area (Å²) in [6.07, 6.45) is 1.27. The lowest BCUT2D eigenvalue weighted by atomic mass is 10.2. The fourth-order valence-corrected chi connectivity index (χ4v) is 2.88. The Balaban J connectivity index is 1.60. The predicted octanol–water partition coefficient (Wildman–Crippen LogP) is 4.29. The molecule has 0 fully saturated rings. The molecule has 0 saturated carbocycles. The highest BCUT2D eigenvalue weighted by Gasteiger charge is 2.15. The van der Waals surface area contributed by atoms with Crippen molar-refractivity contribution in [1.29, 1.82) is 0 Å². The SMILES string of the molecule is COc1cc(/C=N/NC(=O)C(=O)Nc2ccccc2F)ccc1OCc1c(F)cccc1Cl. The summed E-state index contributed by atoms with van der Waals surface area (Å²) in [7, 11) is 1.42. The Morgan fingerprint density at radius 3 is 2.48 bits per heavy atom. The lowest BCUT2D eigenvalue weighted by Gasteiger charge is -2.12. The average molecular weight is 474 g/mol. The van der Waals surface area contributed by atoms with E-state index in [9.17, 15) is 18.4 Å². The summed E-state index contributed by atoms with van der Waals surface area (Å²) in [6, 6.07) is 14.5. The molecule has 3 aromatic rings. The first-order valence-electron chi connectivity index (χ1n) is 9.51. The number of hydrazone groups is 1. The number of amides is 2. The van der Waals surface area contributed by atoms with Crippen LogP contribution in [0.1, 0.15) is 11.1 Å². The van der Waals surface area contributed by atoms with Crippen LogP contribution in [0, 0.1) is 11.6 Å². The van der Waals surface area contributed by atoms with E-state index in [1.54, 1.807) is 24.3 Å². The summed E-state index contributed by atoms with van der Waals surface area (Å²) in [5, 5.41) is 6.10. The molecule has 0 bridgehead atoms. The molecule has 10 heteroatoms. The topological polar surface area (TPSA) is 89.0 Å². The van der Waals surface area contributed by atoms with Crippen molar-refractivity contribution in [2.45, 2.75) is 6.61 Å². The van der Waals surface area contributed by atoms with Gasteiger partial charge in [0, 0.05) is 5.56 Å². The van der Waals surface area contributed by atoms with Gasteiger partial charge in [-0.2, -0.15) is 5.10 Å². The number of carbonyl (C=O) groups excluding carboxylic acids is 2. The van der Waals surface area contributed by atoms with Gasteiger partial charge in [0.1, 0.15) is 18.2 Å². The number of para-hydroxylation sites is 1. The van der Waals surface area contributed by atoms with Crippen molar-refractivity contribution >= 4 is 35.3 Å². The number of halogens is 3. The van der Waals surface area contributed by atoms with E-state index in [4.69, 9.17) is 21.1 Å². The smallest absolute Gasteiger partial charge is 0.329 e. The molecule has 0 unspecified atom stereocenters. The lowest BCUT2D eigenvalue weighted by molar-refractivity contribution is -0.136. The van der Waals surface area contributed by atoms with Gasteiger partial charge < -0.3 is 14.8 Å². The molecule has 0 aliphatic heterocycles. The maximum Gasteiger partial charge on any atom is 0.329 e. The van der Waals surface area contributed by atoms with Crippen LogP contribution in [-0.2, 0) is 16.2 Å². The Morgan fingerprint density at radius 2 is 1.76 bits per heavy atom. The molecule has 0 aromatic heterocycles. The third-order valence-electron chi connectivity index (χ3n) is 4.33. The van der Waals surface area contributed by atoms with Crippen LogP contribution in [0.25, 0.3) is 0 Å². The molecule has 7 nitrogen and oxygen atoms in total. The first-order chi connectivity index (χ1) is 15.9. The number of rotatable bonds is 7. The molecule has 3 aromatic carbocycles. The molecule has 170 valence electrons. The highest BCUT2D eigenvalue weighted by Crippen LogP contribution is 2.29. The minimum atomic E-state index is -1.08. The summed E-state index contributed by atoms with van der Waals surface area (Å²) < 4.78 is 38.4. The van der Waals surface area contributed by atoms with Gasteiger partial charge in [-0.25, -0.2) is 14.2 Å². The van der Waals surface area contributed by atoms with Gasteiger partial charge in [-0.05, 0) is 48.0 Å². The van der Waals surface area contributed by atoms with Crippen LogP contribution in [0.4, 0.5) is 14.5 Å². The number of hydrogen-bond acceptors (Lipinski definition) is 5. The largest absolute Gasteiger partial charge is 0.493 e. The molecular formula is C23H18ClF2N3O4. The van der Waals surface area contributed by atoms with Gasteiger partial charge in [-0.3, -0.25) is 9.59 Å². The second-order valence-corrected chi connectivity index (χ2v) is 6.94. The highest BCUT2D eigenvalue weighted by molar-refractivity contribution is 6.39. The Morgan fingerprint density at radius 1 is 1.00 bits per heavy atom. The molecule has 0 aliphatic carbocycles. The molecule has 2 N–H and O–H groups in total. The van der Waals surface area contributed by atoms with Gasteiger partial charge in [-0.1, -0.05) is 29.8 Å². The van der Waals surface area contributed by atoms with E-state index < -0.39 is 23.4 Å². The summed E-state index contributed by atoms with van der Waals surface area (Å²) in [6.45, 7) is -0.109. The van der Waals surface area contributed by atoms with Crippen LogP contribution in [0.3, 0.4) is 0 Å². The van der Waals surface area contributed by atoms with Crippen molar-refractivity contribution in [2.75, 3.05) is 12.4 Å². The average Bonchev–Trinajstić information content (AvgIpc) is 2.80. The van der Waals surface area contributed by atoms with Crippen LogP contribution < -0.4 is 20.2 Å². The summed E-state index contributed by atoms with van der Waals surface area (Å²) in [4.78, 5) is 23.7. The maximum atomic E-state index is 13.9. The van der Waals surface area contributed by atoms with Gasteiger partial charge >= 0.3 is 11.8 Å². The van der Waals surface area contributed by atoms with E-state index in [2.05, 4.69) is 10.4 Å². The van der Waals surface area contributed by atoms with Crippen molar-refractivity contribution < 1.29 is 27.8 Å². The molecule has 2 amide bonds. The quantitative estimate of drug-likeness (QED) is 0.304. The van der Waals surface area contributed by atoms with Crippen molar-refractivity contribution in [2.24, 2.45) is 5.10 Å². The van der Waals surface area contributed by atoms with E-state index in [-0.39, 0.29) is 22.9 Å². The van der Waals surface area contributed by atoms with Crippen LogP contribution in [0.15, 0.2) is 65.8 Å². The number of carbonyl (C=O) groups is 2. The third kappa shape index (κ3) is 6.27. The van der Waals surface area contributed by atoms with E-state index in [0.717, 1.165) is 6.07 Å². The molecule has 0 saturated heterocycles. The second-order valence-electron chi connectivity index (χ2n) is 6.53. The number of nitrogens with one attached hydrogen (secondary N) is 2. The van der Waals surface area contributed by atoms with E-state index >= 15 is 0 Å². The molecule has 0 aliphatic rings. The first kappa shape index (κ1) is 23.7. The second kappa shape index (κ2) is 11.1. The Labute approximate surface area is 193 Å². The van der Waals surface area contributed by atoms with Crippen molar-refractivity contribution in [3.8, 4) is 11.5 Å². The van der Waals surface area contributed by atoms with Gasteiger partial charge in [-0.15, -0.1) is 0 Å². The van der Waals surface area contributed by atoms with Crippen LogP contribution in [-0.4, -0.2) is 25.1 Å². The van der Waals surface area contributed by atoms with Gasteiger partial charge in [0.25, 0.3) is 0 Å². The molecular weight excluding hydrogens is 456 g/mol. The molecule has 33 heavy (non-hydrogen) atoms. The zero-order valence-corrected chi connectivity index (χ0v) is 18.0. The van der Waals surface area contributed by atoms with Crippen molar-refractivity contribution in [3.63, 3.8) is 0 Å². The van der Waals surface area contributed by atoms with Crippen LogP contribution >= 0.6 is 11.6 Å². The number of benzene rings is 3. The fraction of sp³-hybridized carbons (Fsp3) is 0.0870. The Kier molecular flexibility index (Phi) is 7.93. The number of nitrogens with zero attached hydrogens (tertiary/aromatic N) is 1. The van der Waals surface area contributed by atoms with Crippen LogP contribution in [0.2, 0.25) is 5.02 Å². The first-order valence-corrected chi connectivity index (χ1v) is 9.89. The molecule has 0 heterocycles. The third-order valence-corrected chi connectivity index (χ3v) is 4.68. The molecule has 3 rings (SSSR count). The van der Waals surface area contributed by atoms with Crippen LogP contribution in [0.5, 0.6) is 11.5 Å². The Bertz CT molecular complexity index is 1180. The molecule has 0 atom stereocenters. The minimum Gasteiger partial charge on any atom is -0.493 e.